The number of nitrogens with one attached hydrogen (secondary N) is 2. The molecule has 2 amide bonds. The molecule has 7 nitrogen and oxygen atoms in total. The molecule has 7 heteroatoms. The lowest BCUT2D eigenvalue weighted by Crippen LogP contribution is -2.42. The second-order valence-electron chi connectivity index (χ2n) is 8.24. The smallest absolute Gasteiger partial charge is 0.407 e. The van der Waals surface area contributed by atoms with Crippen molar-refractivity contribution in [1.82, 2.24) is 10.2 Å². The molecule has 1 saturated heterocycles. The van der Waals surface area contributed by atoms with Gasteiger partial charge >= 0.3 is 6.09 Å². The summed E-state index contributed by atoms with van der Waals surface area (Å²) in [5.74, 6) is 1.36. The highest BCUT2D eigenvalue weighted by molar-refractivity contribution is 5.82. The quantitative estimate of drug-likeness (QED) is 0.751. The van der Waals surface area contributed by atoms with Crippen molar-refractivity contribution in [2.75, 3.05) is 25.0 Å². The maximum absolute atomic E-state index is 12.6. The highest BCUT2D eigenvalue weighted by Gasteiger charge is 2.28. The van der Waals surface area contributed by atoms with Gasteiger partial charge in [0.2, 0.25) is 5.91 Å². The number of hydrogen-bond donors (Lipinski definition) is 2. The first-order valence-corrected chi connectivity index (χ1v) is 10.1. The summed E-state index contributed by atoms with van der Waals surface area (Å²) in [5, 5.41) is 6.00. The van der Waals surface area contributed by atoms with Gasteiger partial charge in [0, 0.05) is 13.1 Å². The molecule has 2 N–H and O–H groups in total. The fraction of sp³-hybridized carbons (Fsp3) is 0.391. The first kappa shape index (κ1) is 21.5. The number of para-hydroxylation sites is 3. The maximum atomic E-state index is 12.6. The van der Waals surface area contributed by atoms with Gasteiger partial charge in [-0.25, -0.2) is 4.79 Å². The van der Waals surface area contributed by atoms with Crippen LogP contribution in [0.2, 0.25) is 0 Å². The summed E-state index contributed by atoms with van der Waals surface area (Å²) in [6, 6.07) is 16.9. The maximum Gasteiger partial charge on any atom is 0.407 e. The normalized spacial score (nSPS) is 16.1. The van der Waals surface area contributed by atoms with E-state index in [2.05, 4.69) is 10.6 Å². The fourth-order valence-corrected chi connectivity index (χ4v) is 3.18. The van der Waals surface area contributed by atoms with E-state index in [-0.39, 0.29) is 18.5 Å². The van der Waals surface area contributed by atoms with Crippen LogP contribution < -0.4 is 15.4 Å². The Hall–Kier alpha value is -3.22. The van der Waals surface area contributed by atoms with Crippen LogP contribution in [-0.4, -0.2) is 48.2 Å². The van der Waals surface area contributed by atoms with Crippen molar-refractivity contribution < 1.29 is 19.1 Å². The minimum Gasteiger partial charge on any atom is -0.455 e. The molecule has 0 radical (unpaired) electrons. The molecular formula is C23H29N3O4. The number of hydrogen-bond acceptors (Lipinski definition) is 5. The third-order valence-electron chi connectivity index (χ3n) is 4.55. The van der Waals surface area contributed by atoms with Crippen LogP contribution in [0, 0.1) is 0 Å². The molecule has 3 rings (SSSR count). The molecule has 0 bridgehead atoms. The van der Waals surface area contributed by atoms with Crippen molar-refractivity contribution in [3.63, 3.8) is 0 Å². The van der Waals surface area contributed by atoms with Crippen molar-refractivity contribution in [2.24, 2.45) is 0 Å². The van der Waals surface area contributed by atoms with E-state index in [0.717, 1.165) is 11.4 Å². The monoisotopic (exact) mass is 411 g/mol. The summed E-state index contributed by atoms with van der Waals surface area (Å²) in [6.45, 7) is 6.69. The van der Waals surface area contributed by atoms with Gasteiger partial charge < -0.3 is 25.0 Å². The highest BCUT2D eigenvalue weighted by Crippen LogP contribution is 2.29. The molecule has 0 aliphatic carbocycles. The summed E-state index contributed by atoms with van der Waals surface area (Å²) in [6.07, 6.45) is 0.255. The predicted octanol–water partition coefficient (Wildman–Crippen LogP) is 4.02. The van der Waals surface area contributed by atoms with Gasteiger partial charge in [0.05, 0.1) is 18.3 Å². The summed E-state index contributed by atoms with van der Waals surface area (Å²) < 4.78 is 11.2. The van der Waals surface area contributed by atoms with Crippen molar-refractivity contribution in [2.45, 2.75) is 38.8 Å². The number of nitrogens with zero attached hydrogens (tertiary/aromatic N) is 1. The average molecular weight is 412 g/mol. The van der Waals surface area contributed by atoms with Crippen LogP contribution in [0.25, 0.3) is 0 Å². The number of anilines is 1. The number of carbonyl (C=O) groups excluding carboxylic acids is 2. The Morgan fingerprint density at radius 3 is 2.50 bits per heavy atom. The standard InChI is InChI=1S/C23H29N3O4/c1-23(2,3)30-22(28)25-17-13-14-26(16-17)21(27)15-24-19-11-7-8-12-20(19)29-18-9-5-4-6-10-18/h4-12,17,24H,13-16H2,1-3H3,(H,25,28). The van der Waals surface area contributed by atoms with E-state index < -0.39 is 11.7 Å². The summed E-state index contributed by atoms with van der Waals surface area (Å²) in [7, 11) is 0. The van der Waals surface area contributed by atoms with Crippen LogP contribution in [0.4, 0.5) is 10.5 Å². The van der Waals surface area contributed by atoms with E-state index in [1.54, 1.807) is 4.90 Å². The SMILES string of the molecule is CC(C)(C)OC(=O)NC1CCN(C(=O)CNc2ccccc2Oc2ccccc2)C1. The van der Waals surface area contributed by atoms with E-state index in [9.17, 15) is 9.59 Å². The zero-order chi connectivity index (χ0) is 21.6. The number of alkyl carbamates (subject to hydrolysis) is 1. The molecule has 1 aliphatic heterocycles. The lowest BCUT2D eigenvalue weighted by molar-refractivity contribution is -0.128. The Labute approximate surface area is 177 Å². The van der Waals surface area contributed by atoms with Crippen molar-refractivity contribution in [3.05, 3.63) is 54.6 Å². The number of amides is 2. The lowest BCUT2D eigenvalue weighted by atomic mass is 10.2. The van der Waals surface area contributed by atoms with Crippen LogP contribution in [0.3, 0.4) is 0 Å². The fourth-order valence-electron chi connectivity index (χ4n) is 3.18. The molecular weight excluding hydrogens is 382 g/mol. The minimum atomic E-state index is -0.544. The van der Waals surface area contributed by atoms with E-state index in [0.29, 0.717) is 25.3 Å². The van der Waals surface area contributed by atoms with E-state index in [1.807, 2.05) is 75.4 Å². The van der Waals surface area contributed by atoms with Crippen molar-refractivity contribution in [3.8, 4) is 11.5 Å². The van der Waals surface area contributed by atoms with Gasteiger partial charge in [0.15, 0.2) is 5.75 Å². The number of likely N-dealkylation sites (tertiary alicyclic amines) is 1. The number of benzene rings is 2. The van der Waals surface area contributed by atoms with Crippen LogP contribution in [0.15, 0.2) is 54.6 Å². The van der Waals surface area contributed by atoms with Crippen LogP contribution >= 0.6 is 0 Å². The first-order valence-electron chi connectivity index (χ1n) is 10.1. The van der Waals surface area contributed by atoms with Gasteiger partial charge in [-0.05, 0) is 51.5 Å². The molecule has 30 heavy (non-hydrogen) atoms. The van der Waals surface area contributed by atoms with E-state index in [1.165, 1.54) is 0 Å². The Balaban J connectivity index is 1.50. The van der Waals surface area contributed by atoms with Crippen molar-refractivity contribution >= 4 is 17.7 Å². The molecule has 2 aromatic rings. The van der Waals surface area contributed by atoms with Gasteiger partial charge in [-0.15, -0.1) is 0 Å². The topological polar surface area (TPSA) is 79.9 Å². The zero-order valence-corrected chi connectivity index (χ0v) is 17.7. The van der Waals surface area contributed by atoms with Gasteiger partial charge in [-0.1, -0.05) is 30.3 Å². The van der Waals surface area contributed by atoms with Gasteiger partial charge in [0.25, 0.3) is 0 Å². The Kier molecular flexibility index (Phi) is 6.82. The number of carbonyl (C=O) groups is 2. The summed E-state index contributed by atoms with van der Waals surface area (Å²) in [4.78, 5) is 26.3. The molecule has 160 valence electrons. The molecule has 1 heterocycles. The van der Waals surface area contributed by atoms with Crippen LogP contribution in [0.1, 0.15) is 27.2 Å². The summed E-state index contributed by atoms with van der Waals surface area (Å²) >= 11 is 0. The highest BCUT2D eigenvalue weighted by atomic mass is 16.6. The molecule has 0 saturated carbocycles. The predicted molar refractivity (Wildman–Crippen MR) is 116 cm³/mol. The third kappa shape index (κ3) is 6.40. The molecule has 1 unspecified atom stereocenters. The molecule has 2 aromatic carbocycles. The number of rotatable bonds is 6. The Morgan fingerprint density at radius 1 is 1.07 bits per heavy atom. The summed E-state index contributed by atoms with van der Waals surface area (Å²) in [5.41, 5.74) is 0.203. The average Bonchev–Trinajstić information content (AvgIpc) is 3.15. The Morgan fingerprint density at radius 2 is 1.77 bits per heavy atom. The van der Waals surface area contributed by atoms with Gasteiger partial charge in [-0.3, -0.25) is 4.79 Å². The Bertz CT molecular complexity index is 864. The molecule has 0 spiro atoms. The molecule has 0 aromatic heterocycles. The van der Waals surface area contributed by atoms with Crippen LogP contribution in [-0.2, 0) is 9.53 Å². The lowest BCUT2D eigenvalue weighted by Gasteiger charge is -2.22. The van der Waals surface area contributed by atoms with Crippen molar-refractivity contribution in [1.29, 1.82) is 0 Å². The third-order valence-corrected chi connectivity index (χ3v) is 4.55. The van der Waals surface area contributed by atoms with Crippen LogP contribution in [0.5, 0.6) is 11.5 Å². The van der Waals surface area contributed by atoms with E-state index >= 15 is 0 Å². The van der Waals surface area contributed by atoms with Gasteiger partial charge in [-0.2, -0.15) is 0 Å². The second kappa shape index (κ2) is 9.52. The minimum absolute atomic E-state index is 0.0296. The second-order valence-corrected chi connectivity index (χ2v) is 8.24. The molecule has 1 fully saturated rings. The van der Waals surface area contributed by atoms with Gasteiger partial charge in [0.1, 0.15) is 11.4 Å². The number of ether oxygens (including phenoxy) is 2. The first-order chi connectivity index (χ1) is 14.3. The largest absolute Gasteiger partial charge is 0.455 e. The molecule has 1 atom stereocenters. The molecule has 1 aliphatic rings. The van der Waals surface area contributed by atoms with E-state index in [4.69, 9.17) is 9.47 Å². The zero-order valence-electron chi connectivity index (χ0n) is 17.7.